The average molecular weight is 283 g/mol. The minimum atomic E-state index is -1.11. The summed E-state index contributed by atoms with van der Waals surface area (Å²) in [6.45, 7) is 0. The Morgan fingerprint density at radius 3 is 2.19 bits per heavy atom. The molecular formula is C18H18FNO. The van der Waals surface area contributed by atoms with Crippen LogP contribution in [-0.4, -0.2) is 11.2 Å². The molecule has 0 saturated carbocycles. The zero-order valence-corrected chi connectivity index (χ0v) is 11.7. The molecule has 2 aromatic carbocycles. The summed E-state index contributed by atoms with van der Waals surface area (Å²) in [6, 6.07) is 19.2. The number of aliphatic hydroxyl groups excluding tert-OH is 1. The number of nitriles is 1. The number of rotatable bonds is 6. The van der Waals surface area contributed by atoms with Crippen LogP contribution < -0.4 is 0 Å². The number of hydrogen-bond acceptors (Lipinski definition) is 2. The van der Waals surface area contributed by atoms with Gasteiger partial charge in [0.25, 0.3) is 0 Å². The van der Waals surface area contributed by atoms with Crippen LogP contribution in [0.2, 0.25) is 0 Å². The zero-order chi connectivity index (χ0) is 15.1. The summed E-state index contributed by atoms with van der Waals surface area (Å²) in [5.41, 5.74) is 2.76. The average Bonchev–Trinajstić information content (AvgIpc) is 2.54. The minimum absolute atomic E-state index is 0.0552. The van der Waals surface area contributed by atoms with E-state index in [1.165, 1.54) is 0 Å². The van der Waals surface area contributed by atoms with Gasteiger partial charge < -0.3 is 5.11 Å². The summed E-state index contributed by atoms with van der Waals surface area (Å²) in [5.74, 6) is 0. The summed E-state index contributed by atoms with van der Waals surface area (Å²) >= 11 is 0. The van der Waals surface area contributed by atoms with Gasteiger partial charge in [-0.25, -0.2) is 4.39 Å². The molecule has 0 aliphatic rings. The first-order valence-electron chi connectivity index (χ1n) is 7.05. The maximum Gasteiger partial charge on any atom is 0.125 e. The molecule has 0 amide bonds. The molecule has 1 N–H and O–H groups in total. The number of halogens is 1. The van der Waals surface area contributed by atoms with Gasteiger partial charge in [0.1, 0.15) is 6.17 Å². The molecule has 2 nitrogen and oxygen atoms in total. The van der Waals surface area contributed by atoms with Crippen LogP contribution in [-0.2, 0) is 0 Å². The molecule has 21 heavy (non-hydrogen) atoms. The normalized spacial score (nSPS) is 13.4. The quantitative estimate of drug-likeness (QED) is 0.853. The Hall–Kier alpha value is -2.18. The van der Waals surface area contributed by atoms with Crippen molar-refractivity contribution in [2.24, 2.45) is 0 Å². The van der Waals surface area contributed by atoms with Crippen LogP contribution in [0.5, 0.6) is 0 Å². The monoisotopic (exact) mass is 283 g/mol. The molecular weight excluding hydrogens is 265 g/mol. The van der Waals surface area contributed by atoms with Crippen LogP contribution in [0.15, 0.2) is 54.6 Å². The molecule has 2 unspecified atom stereocenters. The number of benzene rings is 2. The third kappa shape index (κ3) is 4.40. The predicted molar refractivity (Wildman–Crippen MR) is 81.2 cm³/mol. The molecule has 108 valence electrons. The van der Waals surface area contributed by atoms with E-state index in [9.17, 15) is 9.50 Å². The lowest BCUT2D eigenvalue weighted by molar-refractivity contribution is 0.151. The van der Waals surface area contributed by atoms with E-state index in [1.54, 1.807) is 12.1 Å². The van der Waals surface area contributed by atoms with E-state index in [1.807, 2.05) is 48.5 Å². The van der Waals surface area contributed by atoms with Gasteiger partial charge in [-0.05, 0) is 29.5 Å². The lowest BCUT2D eigenvalue weighted by atomic mass is 9.99. The van der Waals surface area contributed by atoms with Gasteiger partial charge in [0, 0.05) is 0 Å². The van der Waals surface area contributed by atoms with Crippen molar-refractivity contribution in [3.8, 4) is 17.2 Å². The van der Waals surface area contributed by atoms with Gasteiger partial charge in [-0.3, -0.25) is 0 Å². The van der Waals surface area contributed by atoms with Gasteiger partial charge in [0.05, 0.1) is 18.6 Å². The van der Waals surface area contributed by atoms with E-state index >= 15 is 0 Å². The second-order valence-electron chi connectivity index (χ2n) is 5.05. The standard InChI is InChI=1S/C18H18FNO/c19-18(11-10-17(21)12-13-20)16-8-6-15(7-9-16)14-4-2-1-3-5-14/h1-9,17-18,21H,10-12H2. The van der Waals surface area contributed by atoms with Crippen molar-refractivity contribution < 1.29 is 9.50 Å². The van der Waals surface area contributed by atoms with Crippen LogP contribution in [0, 0.1) is 11.3 Å². The molecule has 0 spiro atoms. The Labute approximate surface area is 124 Å². The van der Waals surface area contributed by atoms with Crippen LogP contribution >= 0.6 is 0 Å². The van der Waals surface area contributed by atoms with Gasteiger partial charge in [0.15, 0.2) is 0 Å². The second kappa shape index (κ2) is 7.56. The first-order chi connectivity index (χ1) is 10.2. The topological polar surface area (TPSA) is 44.0 Å². The van der Waals surface area contributed by atoms with E-state index in [4.69, 9.17) is 5.26 Å². The summed E-state index contributed by atoms with van der Waals surface area (Å²) in [5, 5.41) is 17.9. The van der Waals surface area contributed by atoms with Gasteiger partial charge in [0.2, 0.25) is 0 Å². The van der Waals surface area contributed by atoms with Gasteiger partial charge in [-0.2, -0.15) is 5.26 Å². The third-order valence-corrected chi connectivity index (χ3v) is 3.46. The largest absolute Gasteiger partial charge is 0.392 e. The fourth-order valence-corrected chi connectivity index (χ4v) is 2.23. The zero-order valence-electron chi connectivity index (χ0n) is 11.7. The molecule has 2 rings (SSSR count). The van der Waals surface area contributed by atoms with E-state index in [-0.39, 0.29) is 12.8 Å². The number of nitrogens with zero attached hydrogens (tertiary/aromatic N) is 1. The predicted octanol–water partition coefficient (Wildman–Crippen LogP) is 4.42. The van der Waals surface area contributed by atoms with Crippen molar-refractivity contribution in [1.29, 1.82) is 5.26 Å². The fraction of sp³-hybridized carbons (Fsp3) is 0.278. The Balaban J connectivity index is 1.97. The molecule has 0 heterocycles. The maximum atomic E-state index is 14.1. The lowest BCUT2D eigenvalue weighted by Crippen LogP contribution is -2.06. The molecule has 2 atom stereocenters. The summed E-state index contributed by atoms with van der Waals surface area (Å²) in [7, 11) is 0. The van der Waals surface area contributed by atoms with E-state index in [0.717, 1.165) is 11.1 Å². The Bertz CT molecular complexity index is 589. The highest BCUT2D eigenvalue weighted by Crippen LogP contribution is 2.27. The Kier molecular flexibility index (Phi) is 5.48. The lowest BCUT2D eigenvalue weighted by Gasteiger charge is -2.11. The maximum absolute atomic E-state index is 14.1. The van der Waals surface area contributed by atoms with Gasteiger partial charge >= 0.3 is 0 Å². The molecule has 0 radical (unpaired) electrons. The fourth-order valence-electron chi connectivity index (χ4n) is 2.23. The van der Waals surface area contributed by atoms with E-state index in [2.05, 4.69) is 0 Å². The molecule has 0 aromatic heterocycles. The number of hydrogen-bond donors (Lipinski definition) is 1. The summed E-state index contributed by atoms with van der Waals surface area (Å²) < 4.78 is 14.1. The van der Waals surface area contributed by atoms with Crippen LogP contribution in [0.3, 0.4) is 0 Å². The summed E-state index contributed by atoms with van der Waals surface area (Å²) in [4.78, 5) is 0. The van der Waals surface area contributed by atoms with Crippen molar-refractivity contribution in [3.05, 3.63) is 60.2 Å². The molecule has 3 heteroatoms. The van der Waals surface area contributed by atoms with Crippen molar-refractivity contribution in [2.45, 2.75) is 31.5 Å². The third-order valence-electron chi connectivity index (χ3n) is 3.46. The SMILES string of the molecule is N#CCC(O)CCC(F)c1ccc(-c2ccccc2)cc1. The molecule has 0 aliphatic carbocycles. The first kappa shape index (κ1) is 15.2. The highest BCUT2D eigenvalue weighted by molar-refractivity contribution is 5.63. The van der Waals surface area contributed by atoms with Crippen LogP contribution in [0.25, 0.3) is 11.1 Å². The molecule has 2 aromatic rings. The van der Waals surface area contributed by atoms with Crippen molar-refractivity contribution in [1.82, 2.24) is 0 Å². The minimum Gasteiger partial charge on any atom is -0.392 e. The molecule has 0 fully saturated rings. The second-order valence-corrected chi connectivity index (χ2v) is 5.05. The smallest absolute Gasteiger partial charge is 0.125 e. The Morgan fingerprint density at radius 1 is 0.952 bits per heavy atom. The highest BCUT2D eigenvalue weighted by atomic mass is 19.1. The molecule has 0 aliphatic heterocycles. The van der Waals surface area contributed by atoms with Crippen LogP contribution in [0.4, 0.5) is 4.39 Å². The summed E-state index contributed by atoms with van der Waals surface area (Å²) in [6.07, 6.45) is -1.26. The van der Waals surface area contributed by atoms with Crippen molar-refractivity contribution >= 4 is 0 Å². The Morgan fingerprint density at radius 2 is 1.57 bits per heavy atom. The van der Waals surface area contributed by atoms with Crippen molar-refractivity contribution in [3.63, 3.8) is 0 Å². The van der Waals surface area contributed by atoms with Gasteiger partial charge in [-0.1, -0.05) is 54.6 Å². The first-order valence-corrected chi connectivity index (χ1v) is 7.05. The number of alkyl halides is 1. The number of aliphatic hydroxyl groups is 1. The molecule has 0 bridgehead atoms. The van der Waals surface area contributed by atoms with Crippen LogP contribution in [0.1, 0.15) is 31.0 Å². The van der Waals surface area contributed by atoms with Gasteiger partial charge in [-0.15, -0.1) is 0 Å². The van der Waals surface area contributed by atoms with E-state index < -0.39 is 12.3 Å². The molecule has 0 saturated heterocycles. The van der Waals surface area contributed by atoms with Crippen molar-refractivity contribution in [2.75, 3.05) is 0 Å². The highest BCUT2D eigenvalue weighted by Gasteiger charge is 2.13. The van der Waals surface area contributed by atoms with E-state index in [0.29, 0.717) is 12.0 Å².